The summed E-state index contributed by atoms with van der Waals surface area (Å²) in [5, 5.41) is 9.26. The Morgan fingerprint density at radius 3 is 2.52 bits per heavy atom. The number of guanidine groups is 1. The van der Waals surface area contributed by atoms with Gasteiger partial charge in [0.1, 0.15) is 6.21 Å². The van der Waals surface area contributed by atoms with Crippen LogP contribution in [0.25, 0.3) is 0 Å². The molecule has 2 aromatic rings. The molecule has 0 bridgehead atoms. The van der Waals surface area contributed by atoms with Gasteiger partial charge in [0.15, 0.2) is 11.9 Å². The molecule has 2 aromatic carbocycles. The number of primary amides is 1. The van der Waals surface area contributed by atoms with Crippen molar-refractivity contribution in [2.45, 2.75) is 0 Å². The molecular weight excluding hydrogens is 394 g/mol. The number of amidine groups is 1. The van der Waals surface area contributed by atoms with Gasteiger partial charge in [-0.05, 0) is 29.4 Å². The zero-order chi connectivity index (χ0) is 21.3. The van der Waals surface area contributed by atoms with E-state index in [0.29, 0.717) is 30.6 Å². The van der Waals surface area contributed by atoms with Crippen LogP contribution in [0.3, 0.4) is 0 Å². The first kappa shape index (κ1) is 19.3. The number of morpholine rings is 1. The summed E-state index contributed by atoms with van der Waals surface area (Å²) in [5.41, 5.74) is 7.64. The zero-order valence-corrected chi connectivity index (χ0v) is 16.8. The molecule has 1 saturated heterocycles. The van der Waals surface area contributed by atoms with Gasteiger partial charge in [-0.15, -0.1) is 4.99 Å². The van der Waals surface area contributed by atoms with Gasteiger partial charge in [-0.1, -0.05) is 22.8 Å². The lowest BCUT2D eigenvalue weighted by molar-refractivity contribution is 0.0392. The van der Waals surface area contributed by atoms with E-state index in [-0.39, 0.29) is 4.59 Å². The normalized spacial score (nSPS) is 22.6. The molecule has 3 aliphatic rings. The number of fused-ring (bicyclic) bond motifs is 1. The van der Waals surface area contributed by atoms with Gasteiger partial charge in [0.05, 0.1) is 25.1 Å². The van der Waals surface area contributed by atoms with Crippen LogP contribution in [0, 0.1) is 0 Å². The molecule has 1 atom stereocenters. The second kappa shape index (κ2) is 7.88. The van der Waals surface area contributed by atoms with E-state index < -0.39 is 5.91 Å². The maximum absolute atomic E-state index is 11.5. The maximum atomic E-state index is 11.5. The number of hydrogen-bond donors (Lipinski definition) is 1. The first-order valence-corrected chi connectivity index (χ1v) is 10.0. The minimum atomic E-state index is -0.468. The number of carbonyl (C=O) groups excluding carboxylic acids is 1. The lowest BCUT2D eigenvalue weighted by Crippen LogP contribution is -2.51. The van der Waals surface area contributed by atoms with Gasteiger partial charge in [-0.3, -0.25) is 9.79 Å². The Kier molecular flexibility index (Phi) is 4.91. The minimum Gasteiger partial charge on any atom is -0.379 e. The molecule has 1 amide bonds. The highest BCUT2D eigenvalue weighted by molar-refractivity contribution is 6.38. The van der Waals surface area contributed by atoms with Gasteiger partial charge in [0.25, 0.3) is 5.84 Å². The first-order valence-electron chi connectivity index (χ1n) is 10.0. The number of hydrogen-bond acceptors (Lipinski definition) is 7. The Bertz CT molecular complexity index is 1100. The van der Waals surface area contributed by atoms with E-state index in [2.05, 4.69) is 10.0 Å². The Balaban J connectivity index is 1.60. The lowest BCUT2D eigenvalue weighted by atomic mass is 10.2. The predicted octanol–water partition coefficient (Wildman–Crippen LogP) is 2.09. The summed E-state index contributed by atoms with van der Waals surface area (Å²) in [5.74, 6) is 0.753. The van der Waals surface area contributed by atoms with Crippen molar-refractivity contribution in [3.63, 3.8) is 0 Å². The van der Waals surface area contributed by atoms with Crippen molar-refractivity contribution in [1.29, 1.82) is 0 Å². The summed E-state index contributed by atoms with van der Waals surface area (Å²) < 4.78 is 5.58. The Morgan fingerprint density at radius 1 is 1.06 bits per heavy atom. The Labute approximate surface area is 179 Å². The molecule has 0 aromatic heterocycles. The number of aliphatic imine (C=N–C) groups is 2. The second-order valence-corrected chi connectivity index (χ2v) is 7.26. The van der Waals surface area contributed by atoms with Crippen LogP contribution in [0.15, 0.2) is 82.1 Å². The van der Waals surface area contributed by atoms with Crippen molar-refractivity contribution >= 4 is 35.3 Å². The number of rotatable bonds is 4. The van der Waals surface area contributed by atoms with Crippen LogP contribution in [0.5, 0.6) is 0 Å². The number of nitrogens with zero attached hydrogens (tertiary/aromatic N) is 6. The predicted molar refractivity (Wildman–Crippen MR) is 121 cm³/mol. The minimum absolute atomic E-state index is 0.0333. The second-order valence-electron chi connectivity index (χ2n) is 7.26. The van der Waals surface area contributed by atoms with Crippen molar-refractivity contribution < 1.29 is 9.53 Å². The van der Waals surface area contributed by atoms with E-state index in [1.54, 1.807) is 24.5 Å². The molecule has 5 rings (SSSR count). The van der Waals surface area contributed by atoms with E-state index in [4.69, 9.17) is 20.6 Å². The topological polar surface area (TPSA) is 95.9 Å². The van der Waals surface area contributed by atoms with Crippen molar-refractivity contribution in [2.24, 2.45) is 20.8 Å². The van der Waals surface area contributed by atoms with E-state index in [1.807, 2.05) is 53.7 Å². The Hall–Kier alpha value is -3.66. The van der Waals surface area contributed by atoms with Crippen LogP contribution < -0.4 is 15.3 Å². The number of amides is 1. The largest absolute Gasteiger partial charge is 0.379 e. The van der Waals surface area contributed by atoms with Gasteiger partial charge in [-0.2, -0.15) is 0 Å². The van der Waals surface area contributed by atoms with Crippen LogP contribution in [0.4, 0.5) is 11.4 Å². The maximum Gasteiger partial charge on any atom is 0.305 e. The molecule has 3 aliphatic heterocycles. The molecule has 1 unspecified atom stereocenters. The lowest BCUT2D eigenvalue weighted by Gasteiger charge is -2.36. The third-order valence-corrected chi connectivity index (χ3v) is 5.38. The molecule has 2 N–H and O–H groups in total. The summed E-state index contributed by atoms with van der Waals surface area (Å²) in [6.07, 6.45) is 5.28. The average Bonchev–Trinajstić information content (AvgIpc) is 3.21. The molecule has 156 valence electrons. The average molecular weight is 416 g/mol. The van der Waals surface area contributed by atoms with Crippen molar-refractivity contribution in [1.82, 2.24) is 9.60 Å². The molecule has 0 spiro atoms. The molecular formula is C22H22N7O2+. The highest BCUT2D eigenvalue weighted by Crippen LogP contribution is 2.33. The van der Waals surface area contributed by atoms with E-state index >= 15 is 0 Å². The number of nitrogens with two attached hydrogens (primary N) is 1. The molecule has 0 radical (unpaired) electrons. The number of carbonyl (C=O) groups is 1. The van der Waals surface area contributed by atoms with Crippen LogP contribution in [0.1, 0.15) is 10.4 Å². The summed E-state index contributed by atoms with van der Waals surface area (Å²) in [6.45, 7) is 2.75. The number of benzene rings is 2. The molecule has 9 nitrogen and oxygen atoms in total. The number of hydrazine groups is 1. The number of para-hydroxylation sites is 1. The summed E-state index contributed by atoms with van der Waals surface area (Å²) in [6, 6.07) is 17.1. The number of anilines is 1. The highest BCUT2D eigenvalue weighted by Gasteiger charge is 2.45. The summed E-state index contributed by atoms with van der Waals surface area (Å²) in [7, 11) is 0. The van der Waals surface area contributed by atoms with E-state index in [9.17, 15) is 4.79 Å². The van der Waals surface area contributed by atoms with Gasteiger partial charge in [-0.25, -0.2) is 10.0 Å². The van der Waals surface area contributed by atoms with E-state index in [0.717, 1.165) is 24.5 Å². The van der Waals surface area contributed by atoms with E-state index in [1.165, 1.54) is 0 Å². The molecule has 0 aliphatic carbocycles. The molecule has 3 heterocycles. The highest BCUT2D eigenvalue weighted by atomic mass is 16.5. The smallest absolute Gasteiger partial charge is 0.305 e. The third-order valence-electron chi connectivity index (χ3n) is 5.38. The van der Waals surface area contributed by atoms with Crippen LogP contribution >= 0.6 is 0 Å². The standard InChI is InChI=1S/C22H21N7O2/c23-21(30)17-6-8-19(9-7-17)29-13-10-24-16-20(29)25-22(26-29)28(18-4-2-1-3-5-18)27-11-14-31-15-12-27/h1-10,13,16H,11-12,14-15H2,(H-,23,30)/p+1. The first-order chi connectivity index (χ1) is 15.2. The van der Waals surface area contributed by atoms with Crippen LogP contribution in [-0.4, -0.2) is 55.2 Å². The van der Waals surface area contributed by atoms with Gasteiger partial charge >= 0.3 is 5.96 Å². The fourth-order valence-corrected chi connectivity index (χ4v) is 3.81. The molecule has 31 heavy (non-hydrogen) atoms. The van der Waals surface area contributed by atoms with Gasteiger partial charge in [0, 0.05) is 30.8 Å². The third kappa shape index (κ3) is 3.44. The molecule has 1 fully saturated rings. The van der Waals surface area contributed by atoms with Crippen LogP contribution in [-0.2, 0) is 4.74 Å². The fourth-order valence-electron chi connectivity index (χ4n) is 3.81. The fraction of sp³-hybridized carbons (Fsp3) is 0.182. The SMILES string of the molecule is NC(=O)c1ccc([N+]23C=CN=CC2=NC(N(c2ccccc2)N2CCOCC2)=N3)cc1. The summed E-state index contributed by atoms with van der Waals surface area (Å²) >= 11 is 0. The van der Waals surface area contributed by atoms with Gasteiger partial charge in [0.2, 0.25) is 5.91 Å². The Morgan fingerprint density at radius 2 is 1.81 bits per heavy atom. The number of ether oxygens (including phenoxy) is 1. The van der Waals surface area contributed by atoms with Crippen molar-refractivity contribution in [2.75, 3.05) is 31.3 Å². The molecule has 9 heteroatoms. The number of quaternary nitrogens is 1. The van der Waals surface area contributed by atoms with Crippen LogP contribution in [0.2, 0.25) is 0 Å². The van der Waals surface area contributed by atoms with Gasteiger partial charge < -0.3 is 10.5 Å². The van der Waals surface area contributed by atoms with Crippen molar-refractivity contribution in [3.05, 3.63) is 72.6 Å². The van der Waals surface area contributed by atoms with Crippen molar-refractivity contribution in [3.8, 4) is 0 Å². The molecule has 0 saturated carbocycles. The quantitative estimate of drug-likeness (QED) is 0.772. The monoisotopic (exact) mass is 416 g/mol. The summed E-state index contributed by atoms with van der Waals surface area (Å²) in [4.78, 5) is 20.6. The zero-order valence-electron chi connectivity index (χ0n) is 16.8.